The van der Waals surface area contributed by atoms with Crippen LogP contribution < -0.4 is 0 Å². The maximum Gasteiger partial charge on any atom is 0.416 e. The van der Waals surface area contributed by atoms with Gasteiger partial charge in [-0.3, -0.25) is 10.1 Å². The molecular weight excluding hydrogens is 291 g/mol. The third kappa shape index (κ3) is 2.52. The summed E-state index contributed by atoms with van der Waals surface area (Å²) in [6.07, 6.45) is -4.58. The van der Waals surface area contributed by atoms with Gasteiger partial charge in [-0.15, -0.1) is 0 Å². The Morgan fingerprint density at radius 2 is 2.00 bits per heavy atom. The molecule has 0 bridgehead atoms. The predicted molar refractivity (Wildman–Crippen MR) is 55.5 cm³/mol. The normalized spacial score (nSPS) is 11.6. The van der Waals surface area contributed by atoms with Crippen LogP contribution in [0.1, 0.15) is 16.7 Å². The Morgan fingerprint density at radius 1 is 1.44 bits per heavy atom. The van der Waals surface area contributed by atoms with Crippen LogP contribution >= 0.6 is 15.9 Å². The fourth-order valence-corrected chi connectivity index (χ4v) is 2.08. The van der Waals surface area contributed by atoms with Crippen molar-refractivity contribution < 1.29 is 18.1 Å². The molecule has 3 nitrogen and oxygen atoms in total. The fourth-order valence-electron chi connectivity index (χ4n) is 1.33. The molecule has 1 aromatic rings. The first-order valence-electron chi connectivity index (χ1n) is 4.18. The average Bonchev–Trinajstić information content (AvgIpc) is 2.14. The Hall–Kier alpha value is -1.11. The lowest BCUT2D eigenvalue weighted by molar-refractivity contribution is -0.385. The van der Waals surface area contributed by atoms with Crippen LogP contribution in [0.25, 0.3) is 0 Å². The Bertz CT molecular complexity index is 431. The smallest absolute Gasteiger partial charge is 0.258 e. The van der Waals surface area contributed by atoms with Gasteiger partial charge in [-0.25, -0.2) is 0 Å². The second kappa shape index (κ2) is 4.40. The Kier molecular flexibility index (Phi) is 3.57. The highest BCUT2D eigenvalue weighted by molar-refractivity contribution is 9.08. The van der Waals surface area contributed by atoms with Gasteiger partial charge in [-0.05, 0) is 18.1 Å². The molecule has 0 radical (unpaired) electrons. The van der Waals surface area contributed by atoms with Gasteiger partial charge in [-0.2, -0.15) is 13.2 Å². The van der Waals surface area contributed by atoms with Crippen molar-refractivity contribution in [1.29, 1.82) is 0 Å². The highest BCUT2D eigenvalue weighted by Crippen LogP contribution is 2.36. The number of benzene rings is 1. The summed E-state index contributed by atoms with van der Waals surface area (Å²) >= 11 is 2.94. The van der Waals surface area contributed by atoms with Crippen molar-refractivity contribution in [1.82, 2.24) is 0 Å². The quantitative estimate of drug-likeness (QED) is 0.473. The Labute approximate surface area is 97.5 Å². The highest BCUT2D eigenvalue weighted by atomic mass is 79.9. The van der Waals surface area contributed by atoms with Crippen molar-refractivity contribution in [3.63, 3.8) is 0 Å². The summed E-state index contributed by atoms with van der Waals surface area (Å²) in [7, 11) is 0. The molecule has 0 N–H and O–H groups in total. The van der Waals surface area contributed by atoms with Gasteiger partial charge in [0.05, 0.1) is 10.5 Å². The summed E-state index contributed by atoms with van der Waals surface area (Å²) in [5, 5.41) is 10.5. The van der Waals surface area contributed by atoms with E-state index in [0.29, 0.717) is 6.07 Å². The zero-order valence-corrected chi connectivity index (χ0v) is 9.72. The molecule has 0 unspecified atom stereocenters. The monoisotopic (exact) mass is 297 g/mol. The fraction of sp³-hybridized carbons (Fsp3) is 0.333. The molecule has 0 aromatic heterocycles. The number of hydrogen-bond donors (Lipinski definition) is 0. The van der Waals surface area contributed by atoms with Crippen LogP contribution in [-0.2, 0) is 11.5 Å². The van der Waals surface area contributed by atoms with Crippen molar-refractivity contribution in [2.75, 3.05) is 0 Å². The molecule has 7 heteroatoms. The maximum atomic E-state index is 12.6. The van der Waals surface area contributed by atoms with E-state index in [-0.39, 0.29) is 16.5 Å². The third-order valence-corrected chi connectivity index (χ3v) is 2.67. The van der Waals surface area contributed by atoms with Crippen molar-refractivity contribution in [3.8, 4) is 0 Å². The van der Waals surface area contributed by atoms with Crippen LogP contribution in [0.5, 0.6) is 0 Å². The molecule has 0 saturated heterocycles. The van der Waals surface area contributed by atoms with E-state index < -0.39 is 22.4 Å². The Morgan fingerprint density at radius 3 is 2.38 bits per heavy atom. The molecule has 88 valence electrons. The number of rotatable bonds is 2. The first-order valence-corrected chi connectivity index (χ1v) is 5.30. The van der Waals surface area contributed by atoms with Gasteiger partial charge in [-0.1, -0.05) is 15.9 Å². The SMILES string of the molecule is Cc1cc([N+](=O)[O-])cc(C(F)(F)F)c1CBr. The average molecular weight is 298 g/mol. The summed E-state index contributed by atoms with van der Waals surface area (Å²) in [5.41, 5.74) is -1.23. The van der Waals surface area contributed by atoms with Crippen molar-refractivity contribution >= 4 is 21.6 Å². The van der Waals surface area contributed by atoms with Crippen molar-refractivity contribution in [3.05, 3.63) is 38.9 Å². The number of alkyl halides is 4. The van der Waals surface area contributed by atoms with E-state index in [1.165, 1.54) is 6.92 Å². The third-order valence-electron chi connectivity index (χ3n) is 2.11. The summed E-state index contributed by atoms with van der Waals surface area (Å²) in [4.78, 5) is 9.63. The van der Waals surface area contributed by atoms with Crippen molar-refractivity contribution in [2.24, 2.45) is 0 Å². The molecule has 1 aromatic carbocycles. The van der Waals surface area contributed by atoms with E-state index in [1.807, 2.05) is 0 Å². The molecule has 0 aliphatic rings. The van der Waals surface area contributed by atoms with Gasteiger partial charge >= 0.3 is 6.18 Å². The molecule has 0 heterocycles. The van der Waals surface area contributed by atoms with Crippen LogP contribution in [0.2, 0.25) is 0 Å². The lowest BCUT2D eigenvalue weighted by atomic mass is 10.0. The second-order valence-corrected chi connectivity index (χ2v) is 3.74. The number of non-ortho nitro benzene ring substituents is 1. The van der Waals surface area contributed by atoms with Gasteiger partial charge in [0.2, 0.25) is 0 Å². The van der Waals surface area contributed by atoms with E-state index in [2.05, 4.69) is 15.9 Å². The van der Waals surface area contributed by atoms with E-state index >= 15 is 0 Å². The molecule has 16 heavy (non-hydrogen) atoms. The van der Waals surface area contributed by atoms with E-state index in [1.54, 1.807) is 0 Å². The zero-order chi connectivity index (χ0) is 12.5. The Balaban J connectivity index is 3.49. The number of halogens is 4. The van der Waals surface area contributed by atoms with Gasteiger partial charge < -0.3 is 0 Å². The first-order chi connectivity index (χ1) is 7.27. The molecule has 0 saturated carbocycles. The van der Waals surface area contributed by atoms with Gasteiger partial charge in [0.25, 0.3) is 5.69 Å². The number of nitrogens with zero attached hydrogens (tertiary/aromatic N) is 1. The van der Waals surface area contributed by atoms with Crippen LogP contribution in [0.3, 0.4) is 0 Å². The molecule has 0 aliphatic carbocycles. The minimum absolute atomic E-state index is 0.00563. The predicted octanol–water partition coefficient (Wildman–Crippen LogP) is 3.82. The van der Waals surface area contributed by atoms with Gasteiger partial charge in [0.1, 0.15) is 0 Å². The minimum Gasteiger partial charge on any atom is -0.258 e. The van der Waals surface area contributed by atoms with Crippen LogP contribution in [-0.4, -0.2) is 4.92 Å². The largest absolute Gasteiger partial charge is 0.416 e. The lowest BCUT2D eigenvalue weighted by Gasteiger charge is -2.13. The van der Waals surface area contributed by atoms with Crippen molar-refractivity contribution in [2.45, 2.75) is 18.4 Å². The highest BCUT2D eigenvalue weighted by Gasteiger charge is 2.35. The molecule has 0 fully saturated rings. The number of nitro groups is 1. The van der Waals surface area contributed by atoms with E-state index in [9.17, 15) is 23.3 Å². The standard InChI is InChI=1S/C9H7BrF3NO2/c1-5-2-6(14(15)16)3-8(7(5)4-10)9(11,12)13/h2-3H,4H2,1H3. The summed E-state index contributed by atoms with van der Waals surface area (Å²) < 4.78 is 37.8. The second-order valence-electron chi connectivity index (χ2n) is 3.18. The van der Waals surface area contributed by atoms with E-state index in [4.69, 9.17) is 0 Å². The van der Waals surface area contributed by atoms with Crippen LogP contribution in [0.15, 0.2) is 12.1 Å². The lowest BCUT2D eigenvalue weighted by Crippen LogP contribution is -2.10. The molecule has 0 atom stereocenters. The topological polar surface area (TPSA) is 43.1 Å². The summed E-state index contributed by atoms with van der Waals surface area (Å²) in [6, 6.07) is 1.69. The maximum absolute atomic E-state index is 12.6. The van der Waals surface area contributed by atoms with Gasteiger partial charge in [0.15, 0.2) is 0 Å². The van der Waals surface area contributed by atoms with Gasteiger partial charge in [0, 0.05) is 17.5 Å². The first kappa shape index (κ1) is 13.0. The van der Waals surface area contributed by atoms with E-state index in [0.717, 1.165) is 6.07 Å². The summed E-state index contributed by atoms with van der Waals surface area (Å²) in [5.74, 6) is 0. The number of nitro benzene ring substituents is 1. The molecule has 1 rings (SSSR count). The molecular formula is C9H7BrF3NO2. The van der Waals surface area contributed by atoms with Crippen LogP contribution in [0.4, 0.5) is 18.9 Å². The molecule has 0 spiro atoms. The summed E-state index contributed by atoms with van der Waals surface area (Å²) in [6.45, 7) is 1.42. The molecule has 0 amide bonds. The van der Waals surface area contributed by atoms with Crippen LogP contribution in [0, 0.1) is 17.0 Å². The molecule has 0 aliphatic heterocycles. The minimum atomic E-state index is -4.58. The number of aryl methyl sites for hydroxylation is 1. The zero-order valence-electron chi connectivity index (χ0n) is 8.14. The number of hydrogen-bond acceptors (Lipinski definition) is 2.